The van der Waals surface area contributed by atoms with Crippen molar-refractivity contribution in [3.8, 4) is 5.75 Å². The first kappa shape index (κ1) is 14.4. The molecule has 0 fully saturated rings. The van der Waals surface area contributed by atoms with Crippen LogP contribution in [0.1, 0.15) is 17.4 Å². The van der Waals surface area contributed by atoms with Gasteiger partial charge >= 0.3 is 6.16 Å². The molecule has 4 heteroatoms. The highest BCUT2D eigenvalue weighted by Gasteiger charge is 2.10. The summed E-state index contributed by atoms with van der Waals surface area (Å²) in [5, 5.41) is -0.180. The van der Waals surface area contributed by atoms with Crippen molar-refractivity contribution in [3.63, 3.8) is 0 Å². The Bertz CT molecular complexity index is 528. The summed E-state index contributed by atoms with van der Waals surface area (Å²) < 4.78 is 9.99. The molecule has 0 N–H and O–H groups in total. The van der Waals surface area contributed by atoms with Crippen LogP contribution in [0.5, 0.6) is 5.75 Å². The second-order valence-corrected chi connectivity index (χ2v) is 4.71. The van der Waals surface area contributed by atoms with Crippen LogP contribution in [0.3, 0.4) is 0 Å². The Morgan fingerprint density at radius 3 is 2.25 bits per heavy atom. The average Bonchev–Trinajstić information content (AvgIpc) is 2.49. The third-order valence-corrected chi connectivity index (χ3v) is 3.17. The standard InChI is InChI=1S/C16H15ClO3/c17-15(13-7-3-1-4-8-13)11-12-19-16(18)20-14-9-5-2-6-10-14/h1-10,15H,11-12H2. The van der Waals surface area contributed by atoms with Crippen LogP contribution >= 0.6 is 11.6 Å². The number of ether oxygens (including phenoxy) is 2. The van der Waals surface area contributed by atoms with Crippen molar-refractivity contribution in [3.05, 3.63) is 66.2 Å². The van der Waals surface area contributed by atoms with E-state index in [1.54, 1.807) is 24.3 Å². The van der Waals surface area contributed by atoms with Crippen LogP contribution < -0.4 is 4.74 Å². The molecule has 104 valence electrons. The van der Waals surface area contributed by atoms with Crippen LogP contribution in [0, 0.1) is 0 Å². The summed E-state index contributed by atoms with van der Waals surface area (Å²) in [6.45, 7) is 0.217. The van der Waals surface area contributed by atoms with Gasteiger partial charge in [0.2, 0.25) is 0 Å². The minimum atomic E-state index is -0.715. The molecule has 2 aromatic rings. The summed E-state index contributed by atoms with van der Waals surface area (Å²) in [7, 11) is 0. The Labute approximate surface area is 123 Å². The molecule has 0 aliphatic heterocycles. The Hall–Kier alpha value is -2.00. The Morgan fingerprint density at radius 1 is 1.00 bits per heavy atom. The highest BCUT2D eigenvalue weighted by Crippen LogP contribution is 2.23. The van der Waals surface area contributed by atoms with Gasteiger partial charge in [-0.25, -0.2) is 4.79 Å². The lowest BCUT2D eigenvalue weighted by Crippen LogP contribution is -2.12. The number of benzene rings is 2. The summed E-state index contributed by atoms with van der Waals surface area (Å²) >= 11 is 6.22. The molecule has 0 amide bonds. The van der Waals surface area contributed by atoms with E-state index in [4.69, 9.17) is 21.1 Å². The molecular formula is C16H15ClO3. The largest absolute Gasteiger partial charge is 0.513 e. The SMILES string of the molecule is O=C(OCCC(Cl)c1ccccc1)Oc1ccccc1. The Morgan fingerprint density at radius 2 is 1.60 bits per heavy atom. The smallest absolute Gasteiger partial charge is 0.434 e. The quantitative estimate of drug-likeness (QED) is 0.459. The molecule has 0 heterocycles. The lowest BCUT2D eigenvalue weighted by molar-refractivity contribution is 0.0978. The lowest BCUT2D eigenvalue weighted by atomic mass is 10.1. The zero-order chi connectivity index (χ0) is 14.2. The molecule has 3 nitrogen and oxygen atoms in total. The van der Waals surface area contributed by atoms with Gasteiger partial charge in [0.15, 0.2) is 0 Å². The van der Waals surface area contributed by atoms with Gasteiger partial charge in [0.05, 0.1) is 12.0 Å². The van der Waals surface area contributed by atoms with Crippen molar-refractivity contribution in [2.45, 2.75) is 11.8 Å². The van der Waals surface area contributed by atoms with Crippen LogP contribution in [-0.4, -0.2) is 12.8 Å². The van der Waals surface area contributed by atoms with Crippen molar-refractivity contribution in [2.24, 2.45) is 0 Å². The number of carbonyl (C=O) groups is 1. The summed E-state index contributed by atoms with van der Waals surface area (Å²) in [5.74, 6) is 0.461. The van der Waals surface area contributed by atoms with E-state index in [0.29, 0.717) is 12.2 Å². The van der Waals surface area contributed by atoms with Crippen LogP contribution in [-0.2, 0) is 4.74 Å². The molecule has 0 aliphatic rings. The van der Waals surface area contributed by atoms with Gasteiger partial charge in [-0.3, -0.25) is 0 Å². The van der Waals surface area contributed by atoms with E-state index in [1.165, 1.54) is 0 Å². The van der Waals surface area contributed by atoms with Gasteiger partial charge in [-0.1, -0.05) is 48.5 Å². The number of hydrogen-bond acceptors (Lipinski definition) is 3. The maximum Gasteiger partial charge on any atom is 0.513 e. The fourth-order valence-electron chi connectivity index (χ4n) is 1.69. The van der Waals surface area contributed by atoms with Gasteiger partial charge in [-0.05, 0) is 17.7 Å². The predicted molar refractivity (Wildman–Crippen MR) is 78.1 cm³/mol. The second-order valence-electron chi connectivity index (χ2n) is 4.18. The number of para-hydroxylation sites is 1. The fraction of sp³-hybridized carbons (Fsp3) is 0.188. The Kier molecular flexibility index (Phi) is 5.44. The second kappa shape index (κ2) is 7.56. The lowest BCUT2D eigenvalue weighted by Gasteiger charge is -2.10. The topological polar surface area (TPSA) is 35.5 Å². The van der Waals surface area contributed by atoms with Crippen molar-refractivity contribution in [2.75, 3.05) is 6.61 Å². The van der Waals surface area contributed by atoms with E-state index in [9.17, 15) is 4.79 Å². The molecular weight excluding hydrogens is 276 g/mol. The van der Waals surface area contributed by atoms with Gasteiger partial charge in [0.1, 0.15) is 5.75 Å². The molecule has 2 rings (SSSR count). The van der Waals surface area contributed by atoms with E-state index < -0.39 is 6.16 Å². The highest BCUT2D eigenvalue weighted by atomic mass is 35.5. The zero-order valence-electron chi connectivity index (χ0n) is 10.9. The molecule has 0 bridgehead atoms. The number of halogens is 1. The number of alkyl halides is 1. The maximum absolute atomic E-state index is 11.4. The van der Waals surface area contributed by atoms with E-state index >= 15 is 0 Å². The summed E-state index contributed by atoms with van der Waals surface area (Å²) in [5.41, 5.74) is 1.01. The molecule has 0 aromatic heterocycles. The molecule has 0 aliphatic carbocycles. The molecule has 0 spiro atoms. The first-order chi connectivity index (χ1) is 9.75. The first-order valence-corrected chi connectivity index (χ1v) is 6.78. The molecule has 2 aromatic carbocycles. The van der Waals surface area contributed by atoms with Gasteiger partial charge in [-0.15, -0.1) is 11.6 Å². The van der Waals surface area contributed by atoms with Crippen molar-refractivity contribution >= 4 is 17.8 Å². The molecule has 0 saturated heterocycles. The summed E-state index contributed by atoms with van der Waals surface area (Å²) in [6, 6.07) is 18.5. The molecule has 1 unspecified atom stereocenters. The normalized spacial score (nSPS) is 11.7. The van der Waals surface area contributed by atoms with E-state index in [1.807, 2.05) is 36.4 Å². The highest BCUT2D eigenvalue weighted by molar-refractivity contribution is 6.20. The summed E-state index contributed by atoms with van der Waals surface area (Å²) in [4.78, 5) is 11.4. The van der Waals surface area contributed by atoms with Crippen LogP contribution in [0.25, 0.3) is 0 Å². The minimum Gasteiger partial charge on any atom is -0.434 e. The van der Waals surface area contributed by atoms with E-state index in [2.05, 4.69) is 0 Å². The monoisotopic (exact) mass is 290 g/mol. The number of rotatable bonds is 5. The van der Waals surface area contributed by atoms with Crippen molar-refractivity contribution < 1.29 is 14.3 Å². The van der Waals surface area contributed by atoms with Crippen molar-refractivity contribution in [1.82, 2.24) is 0 Å². The van der Waals surface area contributed by atoms with E-state index in [0.717, 1.165) is 5.56 Å². The minimum absolute atomic E-state index is 0.180. The number of carbonyl (C=O) groups excluding carboxylic acids is 1. The molecule has 0 saturated carbocycles. The predicted octanol–water partition coefficient (Wildman–Crippen LogP) is 4.57. The van der Waals surface area contributed by atoms with Gasteiger partial charge in [0.25, 0.3) is 0 Å². The van der Waals surface area contributed by atoms with Gasteiger partial charge < -0.3 is 9.47 Å². The van der Waals surface area contributed by atoms with Crippen molar-refractivity contribution in [1.29, 1.82) is 0 Å². The van der Waals surface area contributed by atoms with Crippen LogP contribution in [0.15, 0.2) is 60.7 Å². The zero-order valence-corrected chi connectivity index (χ0v) is 11.6. The van der Waals surface area contributed by atoms with E-state index in [-0.39, 0.29) is 12.0 Å². The van der Waals surface area contributed by atoms with Crippen LogP contribution in [0.2, 0.25) is 0 Å². The Balaban J connectivity index is 1.72. The molecule has 0 radical (unpaired) electrons. The van der Waals surface area contributed by atoms with Gasteiger partial charge in [-0.2, -0.15) is 0 Å². The molecule has 20 heavy (non-hydrogen) atoms. The summed E-state index contributed by atoms with van der Waals surface area (Å²) in [6.07, 6.45) is -0.178. The maximum atomic E-state index is 11.4. The third-order valence-electron chi connectivity index (χ3n) is 2.70. The molecule has 1 atom stereocenters. The fourth-order valence-corrected chi connectivity index (χ4v) is 1.92. The van der Waals surface area contributed by atoms with Crippen LogP contribution in [0.4, 0.5) is 4.79 Å². The third kappa shape index (κ3) is 4.59. The average molecular weight is 291 g/mol. The first-order valence-electron chi connectivity index (χ1n) is 6.34. The van der Waals surface area contributed by atoms with Gasteiger partial charge in [0, 0.05) is 6.42 Å². The number of hydrogen-bond donors (Lipinski definition) is 0.